The topological polar surface area (TPSA) is 12.0 Å². The molecule has 0 unspecified atom stereocenters. The Kier molecular flexibility index (Phi) is 4.35. The molecule has 22 heavy (non-hydrogen) atoms. The number of hydrogen-bond donors (Lipinski definition) is 1. The van der Waals surface area contributed by atoms with E-state index < -0.39 is 0 Å². The summed E-state index contributed by atoms with van der Waals surface area (Å²) in [7, 11) is 0. The van der Waals surface area contributed by atoms with E-state index in [4.69, 9.17) is 0 Å². The summed E-state index contributed by atoms with van der Waals surface area (Å²) in [4.78, 5) is 0. The molecule has 0 aromatic heterocycles. The number of nitrogens with one attached hydrogen (secondary N) is 1. The van der Waals surface area contributed by atoms with Gasteiger partial charge in [-0.3, -0.25) is 0 Å². The summed E-state index contributed by atoms with van der Waals surface area (Å²) < 4.78 is 0. The molecule has 0 radical (unpaired) electrons. The Morgan fingerprint density at radius 2 is 1.32 bits per heavy atom. The third-order valence-electron chi connectivity index (χ3n) is 3.70. The monoisotopic (exact) mass is 285 g/mol. The zero-order chi connectivity index (χ0) is 15.2. The molecule has 0 fully saturated rings. The Labute approximate surface area is 132 Å². The third-order valence-corrected chi connectivity index (χ3v) is 3.70. The van der Waals surface area contributed by atoms with E-state index in [1.165, 1.54) is 5.56 Å². The predicted octanol–water partition coefficient (Wildman–Crippen LogP) is 5.36. The smallest absolute Gasteiger partial charge is 0.0422 e. The van der Waals surface area contributed by atoms with E-state index in [1.54, 1.807) is 0 Å². The molecule has 0 saturated carbocycles. The fourth-order valence-corrected chi connectivity index (χ4v) is 2.49. The zero-order valence-corrected chi connectivity index (χ0v) is 12.5. The normalized spacial score (nSPS) is 10.2. The van der Waals surface area contributed by atoms with Crippen molar-refractivity contribution in [3.8, 4) is 0 Å². The quantitative estimate of drug-likeness (QED) is 0.665. The molecule has 0 aliphatic carbocycles. The molecule has 0 aliphatic heterocycles. The number of anilines is 1. The molecule has 0 heterocycles. The van der Waals surface area contributed by atoms with Gasteiger partial charge in [-0.2, -0.15) is 0 Å². The van der Waals surface area contributed by atoms with Crippen molar-refractivity contribution >= 4 is 11.3 Å². The van der Waals surface area contributed by atoms with E-state index >= 15 is 0 Å². The van der Waals surface area contributed by atoms with Gasteiger partial charge in [-0.05, 0) is 22.8 Å². The average molecular weight is 285 g/mol. The Hall–Kier alpha value is -2.80. The van der Waals surface area contributed by atoms with Crippen LogP contribution < -0.4 is 5.32 Å². The van der Waals surface area contributed by atoms with Crippen LogP contribution in [0.4, 0.5) is 5.69 Å². The molecule has 0 saturated heterocycles. The summed E-state index contributed by atoms with van der Waals surface area (Å²) in [5.41, 5.74) is 5.71. The molecule has 1 heteroatoms. The first-order valence-electron chi connectivity index (χ1n) is 7.46. The van der Waals surface area contributed by atoms with Gasteiger partial charge in [-0.15, -0.1) is 0 Å². The summed E-state index contributed by atoms with van der Waals surface area (Å²) >= 11 is 0. The Balaban J connectivity index is 1.82. The maximum atomic E-state index is 4.27. The van der Waals surface area contributed by atoms with Crippen LogP contribution in [-0.4, -0.2) is 0 Å². The molecule has 1 nitrogen and oxygen atoms in total. The van der Waals surface area contributed by atoms with Crippen molar-refractivity contribution in [1.29, 1.82) is 0 Å². The predicted molar refractivity (Wildman–Crippen MR) is 94.8 cm³/mol. The van der Waals surface area contributed by atoms with Crippen molar-refractivity contribution in [1.82, 2.24) is 0 Å². The van der Waals surface area contributed by atoms with Gasteiger partial charge in [-0.25, -0.2) is 0 Å². The molecule has 0 amide bonds. The van der Waals surface area contributed by atoms with E-state index in [1.807, 2.05) is 24.3 Å². The highest BCUT2D eigenvalue weighted by molar-refractivity contribution is 5.84. The minimum Gasteiger partial charge on any atom is -0.380 e. The summed E-state index contributed by atoms with van der Waals surface area (Å²) in [6.07, 6.45) is 0. The van der Waals surface area contributed by atoms with Crippen molar-refractivity contribution in [3.05, 3.63) is 108 Å². The fourth-order valence-electron chi connectivity index (χ4n) is 2.49. The number of para-hydroxylation sites is 1. The molecule has 1 N–H and O–H groups in total. The molecule has 0 spiro atoms. The highest BCUT2D eigenvalue weighted by Gasteiger charge is 2.07. The molecular formula is C21H19N. The van der Waals surface area contributed by atoms with Crippen LogP contribution in [0.2, 0.25) is 0 Å². The van der Waals surface area contributed by atoms with Crippen LogP contribution in [0.1, 0.15) is 16.7 Å². The second-order valence-electron chi connectivity index (χ2n) is 5.23. The standard InChI is InChI=1S/C21H19N/c1-17(19-12-6-3-7-13-19)20-14-8-9-15-21(20)22-16-18-10-4-2-5-11-18/h2-15,22H,1,16H2. The van der Waals surface area contributed by atoms with Crippen LogP contribution >= 0.6 is 0 Å². The first kappa shape index (κ1) is 14.2. The van der Waals surface area contributed by atoms with Gasteiger partial charge in [0, 0.05) is 17.8 Å². The largest absolute Gasteiger partial charge is 0.380 e. The fraction of sp³-hybridized carbons (Fsp3) is 0.0476. The highest BCUT2D eigenvalue weighted by Crippen LogP contribution is 2.28. The van der Waals surface area contributed by atoms with Crippen LogP contribution in [0.25, 0.3) is 5.57 Å². The summed E-state index contributed by atoms with van der Waals surface area (Å²) in [6, 6.07) is 29.0. The van der Waals surface area contributed by atoms with Gasteiger partial charge in [0.05, 0.1) is 0 Å². The molecule has 3 aromatic carbocycles. The molecule has 3 aromatic rings. The molecule has 108 valence electrons. The lowest BCUT2D eigenvalue weighted by Crippen LogP contribution is -2.02. The van der Waals surface area contributed by atoms with E-state index in [9.17, 15) is 0 Å². The Morgan fingerprint density at radius 1 is 0.727 bits per heavy atom. The van der Waals surface area contributed by atoms with Crippen LogP contribution in [-0.2, 0) is 6.54 Å². The van der Waals surface area contributed by atoms with Crippen LogP contribution in [0.5, 0.6) is 0 Å². The average Bonchev–Trinajstić information content (AvgIpc) is 2.61. The molecule has 0 bridgehead atoms. The lowest BCUT2D eigenvalue weighted by atomic mass is 9.98. The zero-order valence-electron chi connectivity index (χ0n) is 12.5. The molecule has 3 rings (SSSR count). The van der Waals surface area contributed by atoms with Crippen molar-refractivity contribution in [3.63, 3.8) is 0 Å². The van der Waals surface area contributed by atoms with Crippen molar-refractivity contribution in [2.45, 2.75) is 6.54 Å². The van der Waals surface area contributed by atoms with Crippen LogP contribution in [0.3, 0.4) is 0 Å². The van der Waals surface area contributed by atoms with E-state index in [-0.39, 0.29) is 0 Å². The van der Waals surface area contributed by atoms with E-state index in [2.05, 4.69) is 72.6 Å². The lowest BCUT2D eigenvalue weighted by molar-refractivity contribution is 1.15. The minimum absolute atomic E-state index is 0.805. The number of rotatable bonds is 5. The van der Waals surface area contributed by atoms with Crippen molar-refractivity contribution in [2.24, 2.45) is 0 Å². The SMILES string of the molecule is C=C(c1ccccc1)c1ccccc1NCc1ccccc1. The van der Waals surface area contributed by atoms with Gasteiger partial charge in [0.1, 0.15) is 0 Å². The van der Waals surface area contributed by atoms with Gasteiger partial charge in [0.25, 0.3) is 0 Å². The summed E-state index contributed by atoms with van der Waals surface area (Å²) in [5.74, 6) is 0. The van der Waals surface area contributed by atoms with Gasteiger partial charge >= 0.3 is 0 Å². The van der Waals surface area contributed by atoms with E-state index in [0.717, 1.165) is 28.9 Å². The summed E-state index contributed by atoms with van der Waals surface area (Å²) in [5, 5.41) is 3.52. The number of benzene rings is 3. The van der Waals surface area contributed by atoms with Crippen molar-refractivity contribution in [2.75, 3.05) is 5.32 Å². The second-order valence-corrected chi connectivity index (χ2v) is 5.23. The number of hydrogen-bond acceptors (Lipinski definition) is 1. The first-order valence-corrected chi connectivity index (χ1v) is 7.46. The highest BCUT2D eigenvalue weighted by atomic mass is 14.9. The lowest BCUT2D eigenvalue weighted by Gasteiger charge is -2.14. The molecule has 0 atom stereocenters. The Morgan fingerprint density at radius 3 is 2.05 bits per heavy atom. The van der Waals surface area contributed by atoms with Crippen molar-refractivity contribution < 1.29 is 0 Å². The van der Waals surface area contributed by atoms with Gasteiger partial charge in [0.2, 0.25) is 0 Å². The second kappa shape index (κ2) is 6.77. The van der Waals surface area contributed by atoms with Gasteiger partial charge < -0.3 is 5.32 Å². The van der Waals surface area contributed by atoms with E-state index in [0.29, 0.717) is 0 Å². The van der Waals surface area contributed by atoms with Gasteiger partial charge in [-0.1, -0.05) is 85.4 Å². The minimum atomic E-state index is 0.805. The third kappa shape index (κ3) is 3.26. The molecule has 0 aliphatic rings. The maximum Gasteiger partial charge on any atom is 0.0422 e. The maximum absolute atomic E-state index is 4.27. The van der Waals surface area contributed by atoms with Crippen LogP contribution in [0, 0.1) is 0 Å². The first-order chi connectivity index (χ1) is 10.8. The van der Waals surface area contributed by atoms with Crippen LogP contribution in [0.15, 0.2) is 91.5 Å². The van der Waals surface area contributed by atoms with Gasteiger partial charge in [0.15, 0.2) is 0 Å². The Bertz CT molecular complexity index is 745. The molecular weight excluding hydrogens is 266 g/mol. The summed E-state index contributed by atoms with van der Waals surface area (Å²) in [6.45, 7) is 5.08.